The van der Waals surface area contributed by atoms with Gasteiger partial charge in [-0.1, -0.05) is 6.07 Å². The predicted molar refractivity (Wildman–Crippen MR) is 186 cm³/mol. The molecule has 3 aliphatic rings. The van der Waals surface area contributed by atoms with Gasteiger partial charge in [-0.2, -0.15) is 0 Å². The number of ether oxygens (including phenoxy) is 1. The zero-order valence-electron chi connectivity index (χ0n) is 28.2. The minimum atomic E-state index is -0.491. The van der Waals surface area contributed by atoms with Crippen LogP contribution in [0.3, 0.4) is 0 Å². The van der Waals surface area contributed by atoms with E-state index in [1.54, 1.807) is 25.1 Å². The predicted octanol–water partition coefficient (Wildman–Crippen LogP) is 5.05. The van der Waals surface area contributed by atoms with Gasteiger partial charge in [0.1, 0.15) is 0 Å². The molecule has 5 heterocycles. The highest BCUT2D eigenvalue weighted by Gasteiger charge is 2.34. The molecule has 3 amide bonds. The number of amides is 3. The third kappa shape index (κ3) is 6.90. The lowest BCUT2D eigenvalue weighted by Crippen LogP contribution is -2.55. The SMILES string of the molecule is COc1ccc(-c2cc(C(=O)N3CCN(C4CCN(C(=O)C5CCN(C(C)=O)CC5)CC4)CC3)cc(-c3ccc4[nH]ccc4c3)n2)cc1F. The Morgan fingerprint density at radius 3 is 2.08 bits per heavy atom. The van der Waals surface area contributed by atoms with Crippen LogP contribution in [-0.2, 0) is 9.59 Å². The van der Waals surface area contributed by atoms with Crippen LogP contribution in [0, 0.1) is 11.7 Å². The van der Waals surface area contributed by atoms with Crippen LogP contribution in [0.4, 0.5) is 4.39 Å². The van der Waals surface area contributed by atoms with Crippen molar-refractivity contribution in [2.75, 3.05) is 59.5 Å². The van der Waals surface area contributed by atoms with Crippen molar-refractivity contribution in [3.63, 3.8) is 0 Å². The first-order valence-electron chi connectivity index (χ1n) is 17.3. The number of pyridine rings is 1. The maximum Gasteiger partial charge on any atom is 0.254 e. The molecular weight excluding hydrogens is 623 g/mol. The molecule has 2 aromatic heterocycles. The number of H-pyrrole nitrogens is 1. The molecule has 0 atom stereocenters. The highest BCUT2D eigenvalue weighted by Crippen LogP contribution is 2.31. The Bertz CT molecular complexity index is 1850. The molecule has 0 saturated carbocycles. The molecule has 0 bridgehead atoms. The van der Waals surface area contributed by atoms with Crippen LogP contribution in [0.5, 0.6) is 5.75 Å². The third-order valence-electron chi connectivity index (χ3n) is 10.6. The highest BCUT2D eigenvalue weighted by molar-refractivity contribution is 5.97. The second-order valence-corrected chi connectivity index (χ2v) is 13.4. The number of benzene rings is 2. The number of carbonyl (C=O) groups excluding carboxylic acids is 3. The van der Waals surface area contributed by atoms with Crippen molar-refractivity contribution in [3.8, 4) is 28.3 Å². The summed E-state index contributed by atoms with van der Waals surface area (Å²) >= 11 is 0. The number of nitrogens with one attached hydrogen (secondary N) is 1. The lowest BCUT2D eigenvalue weighted by molar-refractivity contribution is -0.141. The molecule has 3 fully saturated rings. The minimum absolute atomic E-state index is 0.0104. The van der Waals surface area contributed by atoms with Gasteiger partial charge in [0.2, 0.25) is 11.8 Å². The van der Waals surface area contributed by atoms with Crippen LogP contribution in [0.2, 0.25) is 0 Å². The summed E-state index contributed by atoms with van der Waals surface area (Å²) in [4.78, 5) is 55.2. The van der Waals surface area contributed by atoms with E-state index in [-0.39, 0.29) is 29.4 Å². The molecule has 0 radical (unpaired) electrons. The number of hydrogen-bond acceptors (Lipinski definition) is 6. The van der Waals surface area contributed by atoms with E-state index >= 15 is 0 Å². The fourth-order valence-electron chi connectivity index (χ4n) is 7.61. The van der Waals surface area contributed by atoms with E-state index in [2.05, 4.69) is 9.88 Å². The number of likely N-dealkylation sites (tertiary alicyclic amines) is 2. The summed E-state index contributed by atoms with van der Waals surface area (Å²) in [6.45, 7) is 7.16. The number of rotatable bonds is 6. The number of halogens is 1. The first-order chi connectivity index (χ1) is 23.8. The molecule has 256 valence electrons. The number of fused-ring (bicyclic) bond motifs is 1. The molecule has 2 aromatic carbocycles. The smallest absolute Gasteiger partial charge is 0.254 e. The van der Waals surface area contributed by atoms with Crippen molar-refractivity contribution < 1.29 is 23.5 Å². The second kappa shape index (κ2) is 14.0. The molecule has 3 saturated heterocycles. The number of carbonyl (C=O) groups is 3. The van der Waals surface area contributed by atoms with E-state index in [1.807, 2.05) is 51.2 Å². The van der Waals surface area contributed by atoms with E-state index in [0.29, 0.717) is 54.7 Å². The summed E-state index contributed by atoms with van der Waals surface area (Å²) in [5, 5.41) is 1.04. The number of piperazine rings is 1. The summed E-state index contributed by atoms with van der Waals surface area (Å²) in [6, 6.07) is 16.7. The minimum Gasteiger partial charge on any atom is -0.494 e. The summed E-state index contributed by atoms with van der Waals surface area (Å²) in [5.74, 6) is -0.0854. The zero-order chi connectivity index (χ0) is 34.1. The van der Waals surface area contributed by atoms with Gasteiger partial charge in [0.25, 0.3) is 5.91 Å². The van der Waals surface area contributed by atoms with E-state index in [9.17, 15) is 18.8 Å². The standard InChI is InChI=1S/C38H43FN6O4/c1-25(46)42-13-8-26(9-14-42)37(47)44-15-10-31(11-16-44)43-17-19-45(20-18-43)38(48)30-23-34(27-3-5-33-29(21-27)7-12-40-33)41-35(24-30)28-4-6-36(49-2)32(39)22-28/h3-7,12,21-24,26,31,40H,8-11,13-20H2,1-2H3. The molecule has 11 heteroatoms. The van der Waals surface area contributed by atoms with Crippen LogP contribution in [0.15, 0.2) is 60.8 Å². The van der Waals surface area contributed by atoms with Gasteiger partial charge in [0, 0.05) is 105 Å². The maximum atomic E-state index is 14.8. The third-order valence-corrected chi connectivity index (χ3v) is 10.6. The Balaban J connectivity index is 1.01. The number of nitrogens with zero attached hydrogens (tertiary/aromatic N) is 5. The van der Waals surface area contributed by atoms with Crippen molar-refractivity contribution in [3.05, 3.63) is 72.2 Å². The van der Waals surface area contributed by atoms with Crippen molar-refractivity contribution >= 4 is 28.6 Å². The lowest BCUT2D eigenvalue weighted by atomic mass is 9.93. The Morgan fingerprint density at radius 2 is 1.43 bits per heavy atom. The first-order valence-corrected chi connectivity index (χ1v) is 17.3. The summed E-state index contributed by atoms with van der Waals surface area (Å²) in [7, 11) is 1.43. The van der Waals surface area contributed by atoms with Gasteiger partial charge >= 0.3 is 0 Å². The van der Waals surface area contributed by atoms with E-state index in [0.717, 1.165) is 68.3 Å². The van der Waals surface area contributed by atoms with Gasteiger partial charge in [-0.25, -0.2) is 9.37 Å². The lowest BCUT2D eigenvalue weighted by Gasteiger charge is -2.43. The molecular formula is C38H43FN6O4. The highest BCUT2D eigenvalue weighted by atomic mass is 19.1. The molecule has 0 spiro atoms. The molecule has 0 unspecified atom stereocenters. The zero-order valence-corrected chi connectivity index (χ0v) is 28.2. The molecule has 10 nitrogen and oxygen atoms in total. The summed E-state index contributed by atoms with van der Waals surface area (Å²) in [5.41, 5.74) is 4.11. The van der Waals surface area contributed by atoms with Crippen LogP contribution < -0.4 is 4.74 Å². The number of piperidine rings is 2. The van der Waals surface area contributed by atoms with E-state index in [4.69, 9.17) is 9.72 Å². The largest absolute Gasteiger partial charge is 0.494 e. The normalized spacial score (nSPS) is 18.2. The van der Waals surface area contributed by atoms with Gasteiger partial charge in [-0.05, 0) is 74.2 Å². The topological polar surface area (TPSA) is 102 Å². The number of methoxy groups -OCH3 is 1. The van der Waals surface area contributed by atoms with Crippen molar-refractivity contribution in [1.82, 2.24) is 29.6 Å². The van der Waals surface area contributed by atoms with Crippen LogP contribution in [-0.4, -0.2) is 113 Å². The average molecular weight is 667 g/mol. The molecule has 1 N–H and O–H groups in total. The quantitative estimate of drug-likeness (QED) is 0.309. The van der Waals surface area contributed by atoms with Gasteiger partial charge < -0.3 is 24.4 Å². The van der Waals surface area contributed by atoms with Crippen molar-refractivity contribution in [2.45, 2.75) is 38.6 Å². The summed E-state index contributed by atoms with van der Waals surface area (Å²) in [6.07, 6.45) is 5.22. The number of aromatic nitrogens is 2. The van der Waals surface area contributed by atoms with Crippen molar-refractivity contribution in [1.29, 1.82) is 0 Å². The molecule has 3 aliphatic heterocycles. The van der Waals surface area contributed by atoms with Crippen LogP contribution >= 0.6 is 0 Å². The Labute approximate surface area is 285 Å². The van der Waals surface area contributed by atoms with Gasteiger partial charge in [-0.3, -0.25) is 19.3 Å². The van der Waals surface area contributed by atoms with Crippen LogP contribution in [0.1, 0.15) is 43.0 Å². The Morgan fingerprint density at radius 1 is 0.776 bits per heavy atom. The number of hydrogen-bond donors (Lipinski definition) is 1. The van der Waals surface area contributed by atoms with E-state index < -0.39 is 5.82 Å². The molecule has 49 heavy (non-hydrogen) atoms. The first kappa shape index (κ1) is 32.8. The van der Waals surface area contributed by atoms with Gasteiger partial charge in [-0.15, -0.1) is 0 Å². The maximum absolute atomic E-state index is 14.8. The number of aromatic amines is 1. The molecule has 7 rings (SSSR count). The molecule has 0 aliphatic carbocycles. The van der Waals surface area contributed by atoms with Crippen LogP contribution in [0.25, 0.3) is 33.4 Å². The molecule has 4 aromatic rings. The summed E-state index contributed by atoms with van der Waals surface area (Å²) < 4.78 is 19.9. The average Bonchev–Trinajstić information content (AvgIpc) is 3.62. The van der Waals surface area contributed by atoms with Gasteiger partial charge in [0.15, 0.2) is 11.6 Å². The fourth-order valence-corrected chi connectivity index (χ4v) is 7.61. The second-order valence-electron chi connectivity index (χ2n) is 13.4. The monoisotopic (exact) mass is 666 g/mol. The Hall–Kier alpha value is -4.77. The Kier molecular flexibility index (Phi) is 9.35. The van der Waals surface area contributed by atoms with E-state index in [1.165, 1.54) is 13.2 Å². The van der Waals surface area contributed by atoms with Gasteiger partial charge in [0.05, 0.1) is 18.5 Å². The fraction of sp³-hybridized carbons (Fsp3) is 0.421. The van der Waals surface area contributed by atoms with Crippen molar-refractivity contribution in [2.24, 2.45) is 5.92 Å².